The number of ether oxygens (including phenoxy) is 3. The fourth-order valence-electron chi connectivity index (χ4n) is 2.24. The van der Waals surface area contributed by atoms with Gasteiger partial charge < -0.3 is 14.2 Å². The second-order valence-corrected chi connectivity index (χ2v) is 3.81. The lowest BCUT2D eigenvalue weighted by Crippen LogP contribution is -1.99. The van der Waals surface area contributed by atoms with Crippen LogP contribution in [-0.4, -0.2) is 21.3 Å². The number of benzene rings is 1. The van der Waals surface area contributed by atoms with Crippen molar-refractivity contribution in [1.29, 1.82) is 0 Å². The maximum absolute atomic E-state index is 12.2. The number of hydrogen-bond acceptors (Lipinski definition) is 3. The molecule has 1 aromatic rings. The molecule has 0 fully saturated rings. The van der Waals surface area contributed by atoms with E-state index in [1.54, 1.807) is 0 Å². The Morgan fingerprint density at radius 1 is 0.941 bits per heavy atom. The van der Waals surface area contributed by atoms with Gasteiger partial charge in [0.1, 0.15) is 0 Å². The van der Waals surface area contributed by atoms with Crippen molar-refractivity contribution in [2.24, 2.45) is 0 Å². The van der Waals surface area contributed by atoms with Gasteiger partial charge in [0.25, 0.3) is 0 Å². The fraction of sp³-hybridized carbons (Fsp3) is 0.385. The maximum Gasteiger partial charge on any atom is 0.228 e. The smallest absolute Gasteiger partial charge is 0.228 e. The molecule has 0 aliphatic heterocycles. The molecular formula is C13H14O4. The van der Waals surface area contributed by atoms with Crippen molar-refractivity contribution >= 4 is 5.57 Å². The van der Waals surface area contributed by atoms with Crippen molar-refractivity contribution in [3.8, 4) is 23.0 Å². The summed E-state index contributed by atoms with van der Waals surface area (Å²) in [5.41, 5.74) is 1.99. The van der Waals surface area contributed by atoms with Crippen LogP contribution in [0.4, 0.5) is 0 Å². The lowest BCUT2D eigenvalue weighted by Gasteiger charge is -2.16. The zero-order valence-electron chi connectivity index (χ0n) is 10.1. The Bertz CT molecular complexity index is 477. The largest absolute Gasteiger partial charge is 0.492 e. The fourth-order valence-corrected chi connectivity index (χ4v) is 2.24. The summed E-state index contributed by atoms with van der Waals surface area (Å²) in [6, 6.07) is 0. The Labute approximate surface area is 100 Å². The van der Waals surface area contributed by atoms with Crippen LogP contribution in [0.2, 0.25) is 0 Å². The highest BCUT2D eigenvalue weighted by molar-refractivity contribution is 5.82. The highest BCUT2D eigenvalue weighted by Gasteiger charge is 2.31. The van der Waals surface area contributed by atoms with Gasteiger partial charge in [-0.15, -0.1) is 0 Å². The first-order chi connectivity index (χ1) is 8.15. The Kier molecular flexibility index (Phi) is 2.88. The highest BCUT2D eigenvalue weighted by Crippen LogP contribution is 2.54. The number of hydrogen-bond donors (Lipinski definition) is 0. The van der Waals surface area contributed by atoms with Gasteiger partial charge in [0, 0.05) is 11.1 Å². The van der Waals surface area contributed by atoms with Gasteiger partial charge in [-0.3, -0.25) is 5.11 Å². The number of methoxy groups -OCH3 is 3. The quantitative estimate of drug-likeness (QED) is 0.807. The molecule has 0 saturated carbocycles. The van der Waals surface area contributed by atoms with Crippen LogP contribution in [0.25, 0.3) is 5.57 Å². The SMILES string of the molecule is [CH]=C1CCc2c([O])c(OC)c(OC)c(OC)c21. The summed E-state index contributed by atoms with van der Waals surface area (Å²) in [4.78, 5) is 0. The molecule has 1 aliphatic rings. The first kappa shape index (κ1) is 11.6. The van der Waals surface area contributed by atoms with E-state index in [9.17, 15) is 5.11 Å². The number of fused-ring (bicyclic) bond motifs is 1. The Balaban J connectivity index is 2.81. The molecule has 0 saturated heterocycles. The van der Waals surface area contributed by atoms with Gasteiger partial charge in [-0.1, -0.05) is 6.58 Å². The van der Waals surface area contributed by atoms with Gasteiger partial charge in [-0.2, -0.15) is 0 Å². The second-order valence-electron chi connectivity index (χ2n) is 3.81. The molecule has 2 radical (unpaired) electrons. The van der Waals surface area contributed by atoms with Crippen molar-refractivity contribution in [2.45, 2.75) is 12.8 Å². The van der Waals surface area contributed by atoms with Crippen LogP contribution in [0.5, 0.6) is 23.0 Å². The standard InChI is InChI=1S/C13H14O4/c1-7-5-6-8-9(7)11(15-2)13(17-4)12(16-3)10(8)14/h1H,5-6H2,2-4H3. The molecule has 0 amide bonds. The molecule has 4 heteroatoms. The van der Waals surface area contributed by atoms with Crippen LogP contribution in [0, 0.1) is 6.58 Å². The molecule has 0 atom stereocenters. The molecule has 90 valence electrons. The van der Waals surface area contributed by atoms with Crippen molar-refractivity contribution in [1.82, 2.24) is 0 Å². The summed E-state index contributed by atoms with van der Waals surface area (Å²) in [7, 11) is 4.43. The van der Waals surface area contributed by atoms with Crippen LogP contribution in [0.15, 0.2) is 0 Å². The molecular weight excluding hydrogens is 220 g/mol. The number of allylic oxidation sites excluding steroid dienone is 1. The maximum atomic E-state index is 12.2. The normalized spacial score (nSPS) is 13.5. The molecule has 0 N–H and O–H groups in total. The highest BCUT2D eigenvalue weighted by atomic mass is 16.5. The predicted molar refractivity (Wildman–Crippen MR) is 62.3 cm³/mol. The molecule has 17 heavy (non-hydrogen) atoms. The summed E-state index contributed by atoms with van der Waals surface area (Å²) < 4.78 is 15.6. The first-order valence-corrected chi connectivity index (χ1v) is 5.29. The van der Waals surface area contributed by atoms with Crippen molar-refractivity contribution in [3.05, 3.63) is 17.7 Å². The first-order valence-electron chi connectivity index (χ1n) is 5.29. The van der Waals surface area contributed by atoms with E-state index >= 15 is 0 Å². The van der Waals surface area contributed by atoms with Crippen LogP contribution < -0.4 is 14.2 Å². The summed E-state index contributed by atoms with van der Waals surface area (Å²) in [5.74, 6) is 0.802. The van der Waals surface area contributed by atoms with Gasteiger partial charge in [-0.05, 0) is 18.4 Å². The van der Waals surface area contributed by atoms with E-state index in [1.165, 1.54) is 21.3 Å². The molecule has 0 unspecified atom stereocenters. The molecule has 2 rings (SSSR count). The van der Waals surface area contributed by atoms with Gasteiger partial charge in [0.05, 0.1) is 21.3 Å². The summed E-state index contributed by atoms with van der Waals surface area (Å²) in [6.45, 7) is 5.91. The van der Waals surface area contributed by atoms with Gasteiger partial charge in [0.2, 0.25) is 17.2 Å². The lowest BCUT2D eigenvalue weighted by molar-refractivity contribution is 0.284. The molecule has 1 aliphatic carbocycles. The van der Waals surface area contributed by atoms with E-state index < -0.39 is 0 Å². The number of rotatable bonds is 3. The van der Waals surface area contributed by atoms with Crippen LogP contribution >= 0.6 is 0 Å². The van der Waals surface area contributed by atoms with Crippen LogP contribution in [0.3, 0.4) is 0 Å². The minimum Gasteiger partial charge on any atom is -0.492 e. The molecule has 0 bridgehead atoms. The van der Waals surface area contributed by atoms with Crippen LogP contribution in [-0.2, 0) is 11.5 Å². The molecule has 4 nitrogen and oxygen atoms in total. The Morgan fingerprint density at radius 2 is 1.53 bits per heavy atom. The third kappa shape index (κ3) is 1.52. The molecule has 0 spiro atoms. The topological polar surface area (TPSA) is 47.6 Å². The molecule has 1 aromatic carbocycles. The van der Waals surface area contributed by atoms with E-state index in [1.807, 2.05) is 0 Å². The van der Waals surface area contributed by atoms with Crippen molar-refractivity contribution < 1.29 is 19.3 Å². The summed E-state index contributed by atoms with van der Waals surface area (Å²) >= 11 is 0. The average Bonchev–Trinajstić information content (AvgIpc) is 2.71. The van der Waals surface area contributed by atoms with Crippen LogP contribution in [0.1, 0.15) is 17.5 Å². The van der Waals surface area contributed by atoms with Gasteiger partial charge in [-0.25, -0.2) is 0 Å². The lowest BCUT2D eigenvalue weighted by atomic mass is 10.0. The van der Waals surface area contributed by atoms with E-state index in [0.717, 1.165) is 0 Å². The molecule has 0 heterocycles. The second kappa shape index (κ2) is 4.20. The third-order valence-corrected chi connectivity index (χ3v) is 3.00. The minimum atomic E-state index is -0.166. The van der Waals surface area contributed by atoms with Crippen molar-refractivity contribution in [3.63, 3.8) is 0 Å². The van der Waals surface area contributed by atoms with Gasteiger partial charge in [0.15, 0.2) is 5.75 Å². The predicted octanol–water partition coefficient (Wildman–Crippen LogP) is 2.62. The average molecular weight is 234 g/mol. The zero-order valence-corrected chi connectivity index (χ0v) is 10.1. The summed E-state index contributed by atoms with van der Waals surface area (Å²) in [6.07, 6.45) is 1.29. The van der Waals surface area contributed by atoms with Crippen molar-refractivity contribution in [2.75, 3.05) is 21.3 Å². The third-order valence-electron chi connectivity index (χ3n) is 3.00. The summed E-state index contributed by atoms with van der Waals surface area (Å²) in [5, 5.41) is 12.2. The van der Waals surface area contributed by atoms with E-state index in [-0.39, 0.29) is 11.5 Å². The van der Waals surface area contributed by atoms with E-state index in [4.69, 9.17) is 20.8 Å². The van der Waals surface area contributed by atoms with Gasteiger partial charge >= 0.3 is 0 Å². The minimum absolute atomic E-state index is 0.166. The Morgan fingerprint density at radius 3 is 2.06 bits per heavy atom. The Hall–Kier alpha value is -1.84. The van der Waals surface area contributed by atoms with E-state index in [0.29, 0.717) is 41.0 Å². The van der Waals surface area contributed by atoms with E-state index in [2.05, 4.69) is 0 Å². The molecule has 0 aromatic heterocycles. The monoisotopic (exact) mass is 234 g/mol. The zero-order chi connectivity index (χ0) is 12.6.